The second-order valence-corrected chi connectivity index (χ2v) is 5.34. The van der Waals surface area contributed by atoms with Gasteiger partial charge in [-0.2, -0.15) is 23.5 Å². The molecule has 5 nitrogen and oxygen atoms in total. The largest absolute Gasteiger partial charge is 0.493 e. The van der Waals surface area contributed by atoms with E-state index in [2.05, 4.69) is 10.1 Å². The van der Waals surface area contributed by atoms with Crippen molar-refractivity contribution < 1.29 is 55.7 Å². The molecule has 0 aliphatic carbocycles. The van der Waals surface area contributed by atoms with Gasteiger partial charge in [-0.05, 0) is 6.92 Å². The number of halogens is 6. The first-order valence-electron chi connectivity index (χ1n) is 7.11. The Morgan fingerprint density at radius 2 is 1.46 bits per heavy atom. The van der Waals surface area contributed by atoms with Gasteiger partial charge in [-0.3, -0.25) is 4.79 Å². The number of benzene rings is 1. The average molecular weight is 453 g/mol. The summed E-state index contributed by atoms with van der Waals surface area (Å²) in [5.74, 6) is -12.3. The summed E-state index contributed by atoms with van der Waals surface area (Å²) in [6, 6.07) is 1.07. The molecule has 0 fully saturated rings. The molecule has 2 aromatic heterocycles. The molecule has 0 unspecified atom stereocenters. The number of rotatable bonds is 3. The van der Waals surface area contributed by atoms with Gasteiger partial charge < -0.3 is 5.11 Å². The minimum Gasteiger partial charge on any atom is -0.493 e. The SMILES string of the molecule is Cc1nn(-c2c(F)c(F)cc(F)c2F)c(O)c1C(=O)c1cc(F)nc(F)c1.[Zn]. The third-order valence-corrected chi connectivity index (χ3v) is 3.59. The number of aromatic nitrogens is 3. The Morgan fingerprint density at radius 3 is 1.96 bits per heavy atom. The molecule has 12 heteroatoms. The molecule has 0 aliphatic heterocycles. The predicted molar refractivity (Wildman–Crippen MR) is 77.4 cm³/mol. The number of pyridine rings is 1. The molecular formula is C16H7F6N3O2Zn. The first kappa shape index (κ1) is 21.6. The summed E-state index contributed by atoms with van der Waals surface area (Å²) in [7, 11) is 0. The van der Waals surface area contributed by atoms with Crippen molar-refractivity contribution in [3.63, 3.8) is 0 Å². The van der Waals surface area contributed by atoms with Gasteiger partial charge in [-0.15, -0.1) is 0 Å². The topological polar surface area (TPSA) is 68.0 Å². The van der Waals surface area contributed by atoms with Gasteiger partial charge >= 0.3 is 0 Å². The minimum absolute atomic E-state index is 0. The molecule has 142 valence electrons. The number of ketones is 1. The summed E-state index contributed by atoms with van der Waals surface area (Å²) < 4.78 is 81.1. The number of hydrogen-bond acceptors (Lipinski definition) is 4. The van der Waals surface area contributed by atoms with Crippen LogP contribution in [-0.2, 0) is 19.5 Å². The van der Waals surface area contributed by atoms with Crippen LogP contribution in [0.5, 0.6) is 5.88 Å². The molecule has 1 N–H and O–H groups in total. The van der Waals surface area contributed by atoms with Gasteiger partial charge in [0.1, 0.15) is 11.3 Å². The molecule has 0 spiro atoms. The quantitative estimate of drug-likeness (QED) is 0.218. The number of aryl methyl sites for hydroxylation is 1. The van der Waals surface area contributed by atoms with Crippen LogP contribution in [0.15, 0.2) is 18.2 Å². The zero-order valence-electron chi connectivity index (χ0n) is 13.9. The molecule has 0 aliphatic rings. The monoisotopic (exact) mass is 451 g/mol. The molecule has 3 rings (SSSR count). The van der Waals surface area contributed by atoms with Crippen LogP contribution in [0.25, 0.3) is 5.69 Å². The number of carbonyl (C=O) groups excluding carboxylic acids is 1. The van der Waals surface area contributed by atoms with E-state index < -0.39 is 63.6 Å². The van der Waals surface area contributed by atoms with E-state index in [1.165, 1.54) is 0 Å². The molecule has 0 saturated heterocycles. The normalized spacial score (nSPS) is 10.7. The van der Waals surface area contributed by atoms with Crippen LogP contribution >= 0.6 is 0 Å². The first-order chi connectivity index (χ1) is 12.6. The molecule has 0 atom stereocenters. The third kappa shape index (κ3) is 3.51. The Labute approximate surface area is 165 Å². The second kappa shape index (κ2) is 7.71. The zero-order valence-corrected chi connectivity index (χ0v) is 16.9. The smallest absolute Gasteiger partial charge is 0.226 e. The van der Waals surface area contributed by atoms with Gasteiger partial charge in [0, 0.05) is 43.2 Å². The van der Waals surface area contributed by atoms with Crippen molar-refractivity contribution in [2.24, 2.45) is 0 Å². The average Bonchev–Trinajstić information content (AvgIpc) is 2.86. The molecule has 0 saturated carbocycles. The maximum atomic E-state index is 13.9. The van der Waals surface area contributed by atoms with Gasteiger partial charge in [0.05, 0.1) is 5.69 Å². The fourth-order valence-corrected chi connectivity index (χ4v) is 2.42. The molecule has 0 bridgehead atoms. The number of nitrogens with zero attached hydrogens (tertiary/aromatic N) is 3. The van der Waals surface area contributed by atoms with Crippen molar-refractivity contribution in [1.82, 2.24) is 14.8 Å². The van der Waals surface area contributed by atoms with E-state index in [1.54, 1.807) is 0 Å². The summed E-state index contributed by atoms with van der Waals surface area (Å²) in [5, 5.41) is 13.7. The maximum absolute atomic E-state index is 13.9. The molecule has 1 aromatic carbocycles. The van der Waals surface area contributed by atoms with E-state index in [0.29, 0.717) is 12.1 Å². The summed E-state index contributed by atoms with van der Waals surface area (Å²) >= 11 is 0. The van der Waals surface area contributed by atoms with E-state index in [0.717, 1.165) is 6.92 Å². The van der Waals surface area contributed by atoms with Crippen molar-refractivity contribution in [2.45, 2.75) is 6.92 Å². The Kier molecular flexibility index (Phi) is 5.93. The summed E-state index contributed by atoms with van der Waals surface area (Å²) in [6.07, 6.45) is 0. The molecule has 3 aromatic rings. The van der Waals surface area contributed by atoms with Crippen molar-refractivity contribution in [2.75, 3.05) is 0 Å². The van der Waals surface area contributed by atoms with Crippen LogP contribution < -0.4 is 0 Å². The summed E-state index contributed by atoms with van der Waals surface area (Å²) in [6.45, 7) is 1.13. The number of aromatic hydroxyl groups is 1. The zero-order chi connectivity index (χ0) is 20.0. The van der Waals surface area contributed by atoms with Crippen LogP contribution in [0, 0.1) is 42.1 Å². The fraction of sp³-hybridized carbons (Fsp3) is 0.0625. The van der Waals surface area contributed by atoms with Crippen LogP contribution in [0.2, 0.25) is 0 Å². The van der Waals surface area contributed by atoms with Gasteiger partial charge in [0.25, 0.3) is 0 Å². The van der Waals surface area contributed by atoms with E-state index >= 15 is 0 Å². The minimum atomic E-state index is -1.87. The van der Waals surface area contributed by atoms with Crippen molar-refractivity contribution >= 4 is 5.78 Å². The predicted octanol–water partition coefficient (Wildman–Crippen LogP) is 3.34. The molecule has 2 heterocycles. The fourth-order valence-electron chi connectivity index (χ4n) is 2.42. The molecule has 0 amide bonds. The van der Waals surface area contributed by atoms with Crippen LogP contribution in [0.4, 0.5) is 26.3 Å². The van der Waals surface area contributed by atoms with Crippen LogP contribution in [0.1, 0.15) is 21.6 Å². The van der Waals surface area contributed by atoms with E-state index in [9.17, 15) is 36.2 Å². The first-order valence-corrected chi connectivity index (χ1v) is 7.11. The molecule has 28 heavy (non-hydrogen) atoms. The Hall–Kier alpha value is -2.75. The van der Waals surface area contributed by atoms with Gasteiger partial charge in [0.2, 0.25) is 23.6 Å². The number of carbonyl (C=O) groups is 1. The van der Waals surface area contributed by atoms with Gasteiger partial charge in [-0.25, -0.2) is 17.6 Å². The molecular weight excluding hydrogens is 446 g/mol. The summed E-state index contributed by atoms with van der Waals surface area (Å²) in [4.78, 5) is 15.2. The molecule has 0 radical (unpaired) electrons. The van der Waals surface area contributed by atoms with Crippen LogP contribution in [0.3, 0.4) is 0 Å². The summed E-state index contributed by atoms with van der Waals surface area (Å²) in [5.41, 5.74) is -2.98. The van der Waals surface area contributed by atoms with Gasteiger partial charge in [0.15, 0.2) is 23.3 Å². The standard InChI is InChI=1S/C16H7F6N3O2.Zn/c1-5-11(15(26)6-2-9(19)23-10(20)3-6)16(27)25(24-5)14-12(21)7(17)4-8(18)13(14)22;/h2-4,27H,1H3;. The third-order valence-electron chi connectivity index (χ3n) is 3.59. The van der Waals surface area contributed by atoms with Crippen molar-refractivity contribution in [1.29, 1.82) is 0 Å². The Bertz CT molecular complexity index is 1060. The van der Waals surface area contributed by atoms with Crippen molar-refractivity contribution in [3.8, 4) is 11.6 Å². The van der Waals surface area contributed by atoms with Crippen LogP contribution in [-0.4, -0.2) is 25.7 Å². The Morgan fingerprint density at radius 1 is 0.964 bits per heavy atom. The maximum Gasteiger partial charge on any atom is 0.226 e. The van der Waals surface area contributed by atoms with Gasteiger partial charge in [-0.1, -0.05) is 0 Å². The number of hydrogen-bond donors (Lipinski definition) is 1. The Balaban J connectivity index is 0.00000280. The van der Waals surface area contributed by atoms with E-state index in [1.807, 2.05) is 0 Å². The van der Waals surface area contributed by atoms with Crippen molar-refractivity contribution in [3.05, 3.63) is 70.2 Å². The van der Waals surface area contributed by atoms with E-state index in [-0.39, 0.29) is 35.9 Å². The van der Waals surface area contributed by atoms with E-state index in [4.69, 9.17) is 0 Å². The second-order valence-electron chi connectivity index (χ2n) is 5.34.